The number of rotatable bonds is 6. The third-order valence-electron chi connectivity index (χ3n) is 2.62. The van der Waals surface area contributed by atoms with Crippen molar-refractivity contribution in [2.24, 2.45) is 5.92 Å². The van der Waals surface area contributed by atoms with Crippen LogP contribution in [0.25, 0.3) is 0 Å². The van der Waals surface area contributed by atoms with Crippen molar-refractivity contribution in [1.82, 2.24) is 4.90 Å². The smallest absolute Gasteiger partial charge is 0.321 e. The van der Waals surface area contributed by atoms with Gasteiger partial charge < -0.3 is 10.2 Å². The van der Waals surface area contributed by atoms with Crippen molar-refractivity contribution in [2.75, 3.05) is 13.2 Å². The van der Waals surface area contributed by atoms with E-state index in [9.17, 15) is 4.79 Å². The van der Waals surface area contributed by atoms with Gasteiger partial charge in [0.1, 0.15) is 6.04 Å². The molecule has 0 amide bonds. The normalized spacial score (nSPS) is 18.9. The Kier molecular flexibility index (Phi) is 3.89. The fourth-order valence-electron chi connectivity index (χ4n) is 1.88. The number of aliphatic carboxylic acids is 1. The minimum Gasteiger partial charge on any atom is -0.480 e. The highest BCUT2D eigenvalue weighted by Crippen LogP contribution is 2.30. The van der Waals surface area contributed by atoms with Crippen molar-refractivity contribution < 1.29 is 15.0 Å². The van der Waals surface area contributed by atoms with Crippen LogP contribution in [-0.2, 0) is 4.79 Å². The Balaban J connectivity index is 2.65. The zero-order valence-corrected chi connectivity index (χ0v) is 8.81. The lowest BCUT2D eigenvalue weighted by molar-refractivity contribution is -0.145. The molecule has 1 atom stereocenters. The fraction of sp³-hybridized carbons (Fsp3) is 0.900. The molecule has 2 N–H and O–H groups in total. The number of carboxylic acids is 1. The van der Waals surface area contributed by atoms with E-state index in [0.29, 0.717) is 12.6 Å². The van der Waals surface area contributed by atoms with Gasteiger partial charge in [0.15, 0.2) is 0 Å². The number of carboxylic acid groups (broad SMARTS) is 1. The van der Waals surface area contributed by atoms with E-state index in [0.717, 1.165) is 12.8 Å². The van der Waals surface area contributed by atoms with Crippen molar-refractivity contribution in [3.05, 3.63) is 0 Å². The second kappa shape index (κ2) is 4.75. The van der Waals surface area contributed by atoms with E-state index >= 15 is 0 Å². The van der Waals surface area contributed by atoms with E-state index in [2.05, 4.69) is 0 Å². The number of hydrogen-bond acceptors (Lipinski definition) is 3. The third-order valence-corrected chi connectivity index (χ3v) is 2.62. The van der Waals surface area contributed by atoms with Gasteiger partial charge >= 0.3 is 5.97 Å². The zero-order chi connectivity index (χ0) is 10.7. The predicted octanol–water partition coefficient (Wildman–Crippen LogP) is 0.552. The molecule has 1 aliphatic carbocycles. The zero-order valence-electron chi connectivity index (χ0n) is 8.81. The molecule has 0 aromatic carbocycles. The van der Waals surface area contributed by atoms with Gasteiger partial charge in [-0.2, -0.15) is 0 Å². The molecule has 1 unspecified atom stereocenters. The van der Waals surface area contributed by atoms with E-state index in [-0.39, 0.29) is 12.5 Å². The molecule has 1 saturated carbocycles. The molecule has 0 bridgehead atoms. The average Bonchev–Trinajstić information content (AvgIpc) is 2.84. The molecule has 0 aliphatic heterocycles. The molecule has 1 aliphatic rings. The van der Waals surface area contributed by atoms with Gasteiger partial charge in [-0.15, -0.1) is 0 Å². The first-order valence-corrected chi connectivity index (χ1v) is 5.17. The number of carbonyl (C=O) groups is 1. The lowest BCUT2D eigenvalue weighted by atomic mass is 10.0. The molecule has 1 rings (SSSR count). The van der Waals surface area contributed by atoms with Crippen LogP contribution in [0, 0.1) is 5.92 Å². The SMILES string of the molecule is CC(C)C(C(=O)O)N(CCO)C1CC1. The number of aliphatic hydroxyl groups excluding tert-OH is 1. The summed E-state index contributed by atoms with van der Waals surface area (Å²) in [6.45, 7) is 4.32. The number of aliphatic hydroxyl groups is 1. The second-order valence-corrected chi connectivity index (χ2v) is 4.22. The van der Waals surface area contributed by atoms with Gasteiger partial charge in [-0.1, -0.05) is 13.8 Å². The highest BCUT2D eigenvalue weighted by molar-refractivity contribution is 5.73. The van der Waals surface area contributed by atoms with Crippen LogP contribution in [0.3, 0.4) is 0 Å². The Labute approximate surface area is 84.5 Å². The third kappa shape index (κ3) is 2.69. The molecule has 4 nitrogen and oxygen atoms in total. The molecule has 0 saturated heterocycles. The Morgan fingerprint density at radius 3 is 2.36 bits per heavy atom. The minimum absolute atomic E-state index is 0.0347. The highest BCUT2D eigenvalue weighted by atomic mass is 16.4. The first kappa shape index (κ1) is 11.5. The summed E-state index contributed by atoms with van der Waals surface area (Å²) in [5.74, 6) is -0.694. The predicted molar refractivity (Wildman–Crippen MR) is 53.1 cm³/mol. The molecule has 1 fully saturated rings. The summed E-state index contributed by atoms with van der Waals surface area (Å²) in [6.07, 6.45) is 2.13. The average molecular weight is 201 g/mol. The van der Waals surface area contributed by atoms with Gasteiger partial charge in [0.25, 0.3) is 0 Å². The molecule has 4 heteroatoms. The summed E-state index contributed by atoms with van der Waals surface area (Å²) in [7, 11) is 0. The highest BCUT2D eigenvalue weighted by Gasteiger charge is 2.38. The Bertz CT molecular complexity index is 202. The van der Waals surface area contributed by atoms with E-state index in [1.165, 1.54) is 0 Å². The monoisotopic (exact) mass is 201 g/mol. The molecule has 82 valence electrons. The van der Waals surface area contributed by atoms with Gasteiger partial charge in [-0.3, -0.25) is 9.69 Å². The van der Waals surface area contributed by atoms with Crippen LogP contribution in [0.2, 0.25) is 0 Å². The van der Waals surface area contributed by atoms with Crippen LogP contribution < -0.4 is 0 Å². The van der Waals surface area contributed by atoms with E-state index in [1.54, 1.807) is 0 Å². The van der Waals surface area contributed by atoms with Crippen molar-refractivity contribution in [3.63, 3.8) is 0 Å². The summed E-state index contributed by atoms with van der Waals surface area (Å²) in [5, 5.41) is 18.0. The summed E-state index contributed by atoms with van der Waals surface area (Å²) >= 11 is 0. The van der Waals surface area contributed by atoms with Gasteiger partial charge in [-0.05, 0) is 18.8 Å². The van der Waals surface area contributed by atoms with E-state index < -0.39 is 12.0 Å². The van der Waals surface area contributed by atoms with Crippen molar-refractivity contribution in [2.45, 2.75) is 38.8 Å². The van der Waals surface area contributed by atoms with Gasteiger partial charge in [0.2, 0.25) is 0 Å². The molecular formula is C10H19NO3. The van der Waals surface area contributed by atoms with Crippen LogP contribution in [0.15, 0.2) is 0 Å². The molecule has 0 radical (unpaired) electrons. The van der Waals surface area contributed by atoms with Crippen LogP contribution in [0.5, 0.6) is 0 Å². The summed E-state index contributed by atoms with van der Waals surface area (Å²) in [6, 6.07) is -0.0692. The molecule has 14 heavy (non-hydrogen) atoms. The molecular weight excluding hydrogens is 182 g/mol. The lowest BCUT2D eigenvalue weighted by Gasteiger charge is -2.30. The van der Waals surface area contributed by atoms with Gasteiger partial charge in [-0.25, -0.2) is 0 Å². The molecule has 0 aromatic heterocycles. The van der Waals surface area contributed by atoms with E-state index in [4.69, 9.17) is 10.2 Å². The molecule has 0 aromatic rings. The topological polar surface area (TPSA) is 60.8 Å². The molecule has 0 spiro atoms. The number of nitrogens with zero attached hydrogens (tertiary/aromatic N) is 1. The van der Waals surface area contributed by atoms with Crippen molar-refractivity contribution >= 4 is 5.97 Å². The van der Waals surface area contributed by atoms with E-state index in [1.807, 2.05) is 18.7 Å². The van der Waals surface area contributed by atoms with Crippen LogP contribution in [0.4, 0.5) is 0 Å². The molecule has 0 heterocycles. The van der Waals surface area contributed by atoms with Crippen molar-refractivity contribution in [1.29, 1.82) is 0 Å². The van der Waals surface area contributed by atoms with Crippen LogP contribution in [0.1, 0.15) is 26.7 Å². The maximum atomic E-state index is 11.1. The maximum Gasteiger partial charge on any atom is 0.321 e. The van der Waals surface area contributed by atoms with Gasteiger partial charge in [0, 0.05) is 12.6 Å². The quantitative estimate of drug-likeness (QED) is 0.659. The maximum absolute atomic E-state index is 11.1. The van der Waals surface area contributed by atoms with Crippen LogP contribution in [-0.4, -0.2) is 46.3 Å². The number of hydrogen-bond donors (Lipinski definition) is 2. The fourth-order valence-corrected chi connectivity index (χ4v) is 1.88. The Morgan fingerprint density at radius 2 is 2.07 bits per heavy atom. The standard InChI is InChI=1S/C10H19NO3/c1-7(2)9(10(13)14)11(5-6-12)8-3-4-8/h7-9,12H,3-6H2,1-2H3,(H,13,14). The van der Waals surface area contributed by atoms with Crippen molar-refractivity contribution in [3.8, 4) is 0 Å². The largest absolute Gasteiger partial charge is 0.480 e. The Hall–Kier alpha value is -0.610. The second-order valence-electron chi connectivity index (χ2n) is 4.22. The minimum atomic E-state index is -0.777. The lowest BCUT2D eigenvalue weighted by Crippen LogP contribution is -2.47. The Morgan fingerprint density at radius 1 is 1.50 bits per heavy atom. The summed E-state index contributed by atoms with van der Waals surface area (Å²) in [4.78, 5) is 13.0. The van der Waals surface area contributed by atoms with Crippen LogP contribution >= 0.6 is 0 Å². The first-order valence-electron chi connectivity index (χ1n) is 5.17. The first-order chi connectivity index (χ1) is 6.57. The summed E-state index contributed by atoms with van der Waals surface area (Å²) < 4.78 is 0. The summed E-state index contributed by atoms with van der Waals surface area (Å²) in [5.41, 5.74) is 0. The van der Waals surface area contributed by atoms with Gasteiger partial charge in [0.05, 0.1) is 6.61 Å².